The molecule has 1 amide bonds. The molecule has 0 aliphatic carbocycles. The fraction of sp³-hybridized carbons (Fsp3) is 0.727. The second-order valence-corrected chi connectivity index (χ2v) is 15.9. The van der Waals surface area contributed by atoms with E-state index in [-0.39, 0.29) is 34.9 Å². The van der Waals surface area contributed by atoms with Gasteiger partial charge < -0.3 is 13.9 Å². The van der Waals surface area contributed by atoms with Gasteiger partial charge in [0.1, 0.15) is 17.7 Å². The number of hydrogen-bond donors (Lipinski definition) is 0. The molecule has 3 heterocycles. The molecule has 0 aromatic heterocycles. The standard InChI is InChI=1S/C22H35NO5SSi/c1-8-10-27-21(25)18-16(12-15-9-11-26-13-15)29-20-17(19(24)23(18)20)14(2)28-30(6,7)22(3,4)5/h8,14-15,17,20H,1,9-13H2,2-7H3/t14-,15?,17+,20-/m1/s1. The molecule has 2 fully saturated rings. The minimum absolute atomic E-state index is 0.0399. The van der Waals surface area contributed by atoms with Gasteiger partial charge in [-0.2, -0.15) is 0 Å². The van der Waals surface area contributed by atoms with E-state index >= 15 is 0 Å². The summed E-state index contributed by atoms with van der Waals surface area (Å²) in [4.78, 5) is 28.5. The maximum absolute atomic E-state index is 13.2. The Bertz CT molecular complexity index is 738. The SMILES string of the molecule is C=CCOC(=O)C1=C(CC2CCOC2)S[C@@H]2[C@@H]([C@@H](C)O[Si](C)(C)C(C)(C)C)C(=O)N12. The molecule has 0 N–H and O–H groups in total. The van der Waals surface area contributed by atoms with Gasteiger partial charge in [0, 0.05) is 18.1 Å². The van der Waals surface area contributed by atoms with Crippen LogP contribution in [-0.4, -0.2) is 56.4 Å². The molecule has 0 aromatic carbocycles. The number of ether oxygens (including phenoxy) is 2. The number of allylic oxidation sites excluding steroid dienone is 1. The Morgan fingerprint density at radius 2 is 2.13 bits per heavy atom. The van der Waals surface area contributed by atoms with Crippen LogP contribution in [-0.2, 0) is 23.5 Å². The normalized spacial score (nSPS) is 27.7. The second-order valence-electron chi connectivity index (χ2n) is 9.92. The van der Waals surface area contributed by atoms with Gasteiger partial charge >= 0.3 is 5.97 Å². The molecule has 3 aliphatic rings. The summed E-state index contributed by atoms with van der Waals surface area (Å²) in [5.74, 6) is -0.350. The van der Waals surface area contributed by atoms with Crippen LogP contribution >= 0.6 is 11.8 Å². The summed E-state index contributed by atoms with van der Waals surface area (Å²) in [6.45, 7) is 18.2. The number of β-lactam (4-membered cyclic amide) rings is 1. The summed E-state index contributed by atoms with van der Waals surface area (Å²) >= 11 is 1.63. The van der Waals surface area contributed by atoms with Crippen molar-refractivity contribution in [2.45, 2.75) is 70.1 Å². The van der Waals surface area contributed by atoms with Gasteiger partial charge in [-0.3, -0.25) is 9.69 Å². The van der Waals surface area contributed by atoms with E-state index in [2.05, 4.69) is 40.4 Å². The average Bonchev–Trinajstić information content (AvgIpc) is 3.24. The number of thioether (sulfide) groups is 1. The third kappa shape index (κ3) is 4.42. The molecule has 0 radical (unpaired) electrons. The van der Waals surface area contributed by atoms with Crippen molar-refractivity contribution in [1.29, 1.82) is 0 Å². The quantitative estimate of drug-likeness (QED) is 0.236. The van der Waals surface area contributed by atoms with Crippen LogP contribution in [0.1, 0.15) is 40.5 Å². The minimum Gasteiger partial charge on any atom is -0.457 e. The fourth-order valence-electron chi connectivity index (χ4n) is 3.90. The highest BCUT2D eigenvalue weighted by Crippen LogP contribution is 2.53. The topological polar surface area (TPSA) is 65.1 Å². The van der Waals surface area contributed by atoms with Crippen LogP contribution < -0.4 is 0 Å². The zero-order chi connectivity index (χ0) is 22.3. The highest BCUT2D eigenvalue weighted by atomic mass is 32.2. The lowest BCUT2D eigenvalue weighted by Gasteiger charge is -2.48. The molecule has 6 nitrogen and oxygen atoms in total. The Labute approximate surface area is 185 Å². The number of carbonyl (C=O) groups is 2. The Morgan fingerprint density at radius 3 is 2.70 bits per heavy atom. The number of fused-ring (bicyclic) bond motifs is 1. The molecule has 168 valence electrons. The maximum Gasteiger partial charge on any atom is 0.356 e. The first-order valence-electron chi connectivity index (χ1n) is 10.7. The predicted octanol–water partition coefficient (Wildman–Crippen LogP) is 4.30. The smallest absolute Gasteiger partial charge is 0.356 e. The molecule has 3 rings (SSSR count). The van der Waals surface area contributed by atoms with Crippen LogP contribution in [0.25, 0.3) is 0 Å². The van der Waals surface area contributed by atoms with Gasteiger partial charge in [-0.05, 0) is 43.8 Å². The van der Waals surface area contributed by atoms with Gasteiger partial charge in [-0.1, -0.05) is 33.4 Å². The van der Waals surface area contributed by atoms with Crippen LogP contribution in [0.15, 0.2) is 23.3 Å². The highest BCUT2D eigenvalue weighted by Gasteiger charge is 2.59. The van der Waals surface area contributed by atoms with Gasteiger partial charge in [0.05, 0.1) is 12.0 Å². The Morgan fingerprint density at radius 1 is 1.43 bits per heavy atom. The highest BCUT2D eigenvalue weighted by molar-refractivity contribution is 8.04. The number of nitrogens with zero attached hydrogens (tertiary/aromatic N) is 1. The molecule has 30 heavy (non-hydrogen) atoms. The van der Waals surface area contributed by atoms with Crippen molar-refractivity contribution < 1.29 is 23.5 Å². The van der Waals surface area contributed by atoms with Gasteiger partial charge in [-0.25, -0.2) is 4.79 Å². The van der Waals surface area contributed by atoms with E-state index in [0.717, 1.165) is 24.4 Å². The summed E-state index contributed by atoms with van der Waals surface area (Å²) in [6, 6.07) is 0. The van der Waals surface area contributed by atoms with Crippen LogP contribution in [0, 0.1) is 11.8 Å². The predicted molar refractivity (Wildman–Crippen MR) is 121 cm³/mol. The first-order valence-corrected chi connectivity index (χ1v) is 14.5. The molecule has 1 unspecified atom stereocenters. The molecule has 4 atom stereocenters. The van der Waals surface area contributed by atoms with Crippen molar-refractivity contribution in [2.75, 3.05) is 19.8 Å². The summed E-state index contributed by atoms with van der Waals surface area (Å²) in [5, 5.41) is -0.0249. The zero-order valence-electron chi connectivity index (χ0n) is 19.0. The van der Waals surface area contributed by atoms with Crippen molar-refractivity contribution in [3.63, 3.8) is 0 Å². The number of carbonyl (C=O) groups excluding carboxylic acids is 2. The summed E-state index contributed by atoms with van der Waals surface area (Å²) < 4.78 is 17.3. The molecule has 3 aliphatic heterocycles. The summed E-state index contributed by atoms with van der Waals surface area (Å²) in [7, 11) is -2.00. The van der Waals surface area contributed by atoms with Crippen molar-refractivity contribution in [2.24, 2.45) is 11.8 Å². The van der Waals surface area contributed by atoms with E-state index < -0.39 is 14.3 Å². The first-order chi connectivity index (χ1) is 14.0. The lowest BCUT2D eigenvalue weighted by atomic mass is 9.92. The first kappa shape index (κ1) is 23.6. The van der Waals surface area contributed by atoms with Crippen molar-refractivity contribution in [3.8, 4) is 0 Å². The number of rotatable bonds is 8. The fourth-order valence-corrected chi connectivity index (χ4v) is 7.05. The molecule has 8 heteroatoms. The number of hydrogen-bond acceptors (Lipinski definition) is 6. The minimum atomic E-state index is -2.00. The van der Waals surface area contributed by atoms with Crippen LogP contribution in [0.4, 0.5) is 0 Å². The Balaban J connectivity index is 1.77. The van der Waals surface area contributed by atoms with E-state index in [9.17, 15) is 9.59 Å². The van der Waals surface area contributed by atoms with E-state index in [4.69, 9.17) is 13.9 Å². The van der Waals surface area contributed by atoms with E-state index in [0.29, 0.717) is 18.2 Å². The van der Waals surface area contributed by atoms with Gasteiger partial charge in [0.15, 0.2) is 8.32 Å². The van der Waals surface area contributed by atoms with Crippen LogP contribution in [0.5, 0.6) is 0 Å². The second kappa shape index (κ2) is 8.80. The third-order valence-electron chi connectivity index (χ3n) is 6.67. The number of amides is 1. The van der Waals surface area contributed by atoms with Crippen molar-refractivity contribution in [1.82, 2.24) is 4.90 Å². The maximum atomic E-state index is 13.2. The molecule has 0 bridgehead atoms. The van der Waals surface area contributed by atoms with E-state index in [1.54, 1.807) is 22.7 Å². The van der Waals surface area contributed by atoms with E-state index in [1.807, 2.05) is 6.92 Å². The molecular formula is C22H35NO5SSi. The van der Waals surface area contributed by atoms with E-state index in [1.165, 1.54) is 0 Å². The van der Waals surface area contributed by atoms with Crippen molar-refractivity contribution >= 4 is 32.0 Å². The average molecular weight is 454 g/mol. The van der Waals surface area contributed by atoms with Gasteiger partial charge in [-0.15, -0.1) is 11.8 Å². The lowest BCUT2D eigenvalue weighted by molar-refractivity contribution is -0.157. The molecule has 2 saturated heterocycles. The zero-order valence-corrected chi connectivity index (χ0v) is 20.8. The van der Waals surface area contributed by atoms with Crippen LogP contribution in [0.3, 0.4) is 0 Å². The molecule has 0 spiro atoms. The monoisotopic (exact) mass is 453 g/mol. The molecular weight excluding hydrogens is 418 g/mol. The van der Waals surface area contributed by atoms with Gasteiger partial charge in [0.2, 0.25) is 5.91 Å². The number of esters is 1. The lowest BCUT2D eigenvalue weighted by Crippen LogP contribution is -2.62. The van der Waals surface area contributed by atoms with Crippen LogP contribution in [0.2, 0.25) is 18.1 Å². The largest absolute Gasteiger partial charge is 0.457 e. The summed E-state index contributed by atoms with van der Waals surface area (Å²) in [5.41, 5.74) is 0.416. The summed E-state index contributed by atoms with van der Waals surface area (Å²) in [6.07, 6.45) is 3.07. The Hall–Kier alpha value is -1.09. The third-order valence-corrected chi connectivity index (χ3v) is 12.6. The molecule has 0 saturated carbocycles. The Kier molecular flexibility index (Phi) is 6.92. The van der Waals surface area contributed by atoms with Gasteiger partial charge in [0.25, 0.3) is 0 Å². The van der Waals surface area contributed by atoms with Crippen molar-refractivity contribution in [3.05, 3.63) is 23.3 Å². The molecule has 0 aromatic rings.